The van der Waals surface area contributed by atoms with Crippen LogP contribution in [0.4, 0.5) is 5.00 Å². The smallest absolute Gasteiger partial charge is 0.317 e. The van der Waals surface area contributed by atoms with Crippen LogP contribution < -0.4 is 5.32 Å². The van der Waals surface area contributed by atoms with Crippen LogP contribution in [0.5, 0.6) is 0 Å². The van der Waals surface area contributed by atoms with Crippen LogP contribution in [0.1, 0.15) is 42.2 Å². The van der Waals surface area contributed by atoms with Crippen LogP contribution >= 0.6 is 23.1 Å². The summed E-state index contributed by atoms with van der Waals surface area (Å²) in [6.45, 7) is 1.55. The number of thioether (sulfide) groups is 1. The summed E-state index contributed by atoms with van der Waals surface area (Å²) in [7, 11) is 0. The van der Waals surface area contributed by atoms with Crippen molar-refractivity contribution < 1.29 is 14.3 Å². The summed E-state index contributed by atoms with van der Waals surface area (Å²) in [5, 5.41) is 12.9. The van der Waals surface area contributed by atoms with E-state index in [4.69, 9.17) is 4.74 Å². The Labute approximate surface area is 173 Å². The molecule has 0 unspecified atom stereocenters. The van der Waals surface area contributed by atoms with Gasteiger partial charge in [0.1, 0.15) is 11.1 Å². The molecule has 2 aromatic rings. The molecule has 7 heteroatoms. The molecule has 1 aromatic carbocycles. The van der Waals surface area contributed by atoms with Gasteiger partial charge in [0, 0.05) is 9.77 Å². The summed E-state index contributed by atoms with van der Waals surface area (Å²) in [6.07, 6.45) is 4.26. The molecular weight excluding hydrogens is 392 g/mol. The van der Waals surface area contributed by atoms with Crippen molar-refractivity contribution in [2.45, 2.75) is 50.0 Å². The predicted molar refractivity (Wildman–Crippen MR) is 112 cm³/mol. The third-order valence-corrected chi connectivity index (χ3v) is 6.74. The second kappa shape index (κ2) is 9.76. The number of hydrogen-bond donors (Lipinski definition) is 1. The second-order valence-electron chi connectivity index (χ2n) is 6.60. The molecule has 1 aliphatic rings. The largest absolute Gasteiger partial charge is 0.452 e. The number of fused-ring (bicyclic) bond motifs is 1. The van der Waals surface area contributed by atoms with Crippen molar-refractivity contribution in [3.05, 3.63) is 46.3 Å². The molecule has 0 aliphatic heterocycles. The first kappa shape index (κ1) is 20.4. The quantitative estimate of drug-likeness (QED) is 0.426. The van der Waals surface area contributed by atoms with E-state index in [-0.39, 0.29) is 5.75 Å². The second-order valence-corrected chi connectivity index (χ2v) is 8.76. The average Bonchev–Trinajstić information content (AvgIpc) is 2.86. The molecule has 1 aromatic heterocycles. The minimum absolute atomic E-state index is 0.137. The van der Waals surface area contributed by atoms with E-state index in [0.29, 0.717) is 10.6 Å². The van der Waals surface area contributed by atoms with Gasteiger partial charge in [0.05, 0.1) is 11.3 Å². The number of nitrogens with one attached hydrogen (secondary N) is 1. The number of aryl methyl sites for hydroxylation is 1. The van der Waals surface area contributed by atoms with Crippen molar-refractivity contribution >= 4 is 40.0 Å². The molecule has 3 rings (SSSR count). The molecule has 0 spiro atoms. The molecule has 5 nitrogen and oxygen atoms in total. The van der Waals surface area contributed by atoms with Crippen molar-refractivity contribution in [1.29, 1.82) is 5.26 Å². The summed E-state index contributed by atoms with van der Waals surface area (Å²) in [5.74, 6) is -0.719. The first-order valence-electron chi connectivity index (χ1n) is 9.31. The maximum Gasteiger partial charge on any atom is 0.317 e. The van der Waals surface area contributed by atoms with E-state index >= 15 is 0 Å². The van der Waals surface area contributed by atoms with Crippen LogP contribution in [0.2, 0.25) is 0 Å². The van der Waals surface area contributed by atoms with Crippen molar-refractivity contribution in [3.8, 4) is 6.07 Å². The molecule has 146 valence electrons. The van der Waals surface area contributed by atoms with Crippen LogP contribution in [0.25, 0.3) is 0 Å². The number of thiophene rings is 1. The highest BCUT2D eigenvalue weighted by molar-refractivity contribution is 8.00. The fraction of sp³-hybridized carbons (Fsp3) is 0.381. The van der Waals surface area contributed by atoms with E-state index in [0.717, 1.165) is 36.1 Å². The molecule has 0 radical (unpaired) electrons. The molecular formula is C21H22N2O3S2. The number of nitriles is 1. The van der Waals surface area contributed by atoms with Gasteiger partial charge in [0.15, 0.2) is 6.10 Å². The maximum atomic E-state index is 12.5. The maximum absolute atomic E-state index is 12.5. The molecule has 28 heavy (non-hydrogen) atoms. The molecule has 1 amide bonds. The predicted octanol–water partition coefficient (Wildman–Crippen LogP) is 4.55. The summed E-state index contributed by atoms with van der Waals surface area (Å²) < 4.78 is 5.25. The van der Waals surface area contributed by atoms with Crippen molar-refractivity contribution in [2.75, 3.05) is 11.1 Å². The number of rotatable bonds is 6. The third-order valence-electron chi connectivity index (χ3n) is 4.55. The Hall–Kier alpha value is -2.30. The number of benzene rings is 1. The van der Waals surface area contributed by atoms with Crippen molar-refractivity contribution in [2.24, 2.45) is 0 Å². The molecule has 0 saturated carbocycles. The normalized spacial score (nSPS) is 14.3. The minimum atomic E-state index is -0.919. The number of anilines is 1. The molecule has 1 heterocycles. The average molecular weight is 415 g/mol. The number of esters is 1. The number of ether oxygens (including phenoxy) is 1. The zero-order valence-electron chi connectivity index (χ0n) is 15.7. The molecule has 1 aliphatic carbocycles. The van der Waals surface area contributed by atoms with Crippen LogP contribution in [0.15, 0.2) is 35.2 Å². The van der Waals surface area contributed by atoms with Crippen molar-refractivity contribution in [3.63, 3.8) is 0 Å². The van der Waals surface area contributed by atoms with E-state index in [1.807, 2.05) is 30.3 Å². The summed E-state index contributed by atoms with van der Waals surface area (Å²) in [6, 6.07) is 11.8. The fourth-order valence-electron chi connectivity index (χ4n) is 3.11. The Morgan fingerprint density at radius 1 is 1.25 bits per heavy atom. The van der Waals surface area contributed by atoms with E-state index in [2.05, 4.69) is 11.4 Å². The lowest BCUT2D eigenvalue weighted by atomic mass is 10.1. The van der Waals surface area contributed by atoms with Crippen LogP contribution in [-0.4, -0.2) is 23.7 Å². The monoisotopic (exact) mass is 414 g/mol. The van der Waals surface area contributed by atoms with E-state index in [1.54, 1.807) is 6.92 Å². The fourth-order valence-corrected chi connectivity index (χ4v) is 5.05. The van der Waals surface area contributed by atoms with Crippen LogP contribution in [0, 0.1) is 11.3 Å². The van der Waals surface area contributed by atoms with Gasteiger partial charge >= 0.3 is 5.97 Å². The lowest BCUT2D eigenvalue weighted by Gasteiger charge is -2.13. The van der Waals surface area contributed by atoms with Gasteiger partial charge in [-0.3, -0.25) is 9.59 Å². The van der Waals surface area contributed by atoms with Gasteiger partial charge in [-0.1, -0.05) is 24.6 Å². The highest BCUT2D eigenvalue weighted by atomic mass is 32.2. The summed E-state index contributed by atoms with van der Waals surface area (Å²) in [5.41, 5.74) is 1.64. The van der Waals surface area contributed by atoms with E-state index in [9.17, 15) is 14.9 Å². The highest BCUT2D eigenvalue weighted by Gasteiger charge is 2.24. The first-order chi connectivity index (χ1) is 13.6. The van der Waals surface area contributed by atoms with E-state index < -0.39 is 18.0 Å². The third kappa shape index (κ3) is 5.15. The molecule has 1 atom stereocenters. The molecule has 0 fully saturated rings. The Morgan fingerprint density at radius 2 is 2.00 bits per heavy atom. The molecule has 0 saturated heterocycles. The van der Waals surface area contributed by atoms with Crippen LogP contribution in [-0.2, 0) is 27.2 Å². The van der Waals surface area contributed by atoms with Gasteiger partial charge < -0.3 is 10.1 Å². The molecule has 0 bridgehead atoms. The lowest BCUT2D eigenvalue weighted by molar-refractivity contribution is -0.150. The number of hydrogen-bond acceptors (Lipinski definition) is 6. The number of nitrogens with zero attached hydrogens (tertiary/aromatic N) is 1. The Morgan fingerprint density at radius 3 is 2.75 bits per heavy atom. The van der Waals surface area contributed by atoms with Gasteiger partial charge in [-0.15, -0.1) is 23.1 Å². The lowest BCUT2D eigenvalue weighted by Crippen LogP contribution is -2.30. The van der Waals surface area contributed by atoms with Gasteiger partial charge in [-0.05, 0) is 50.3 Å². The zero-order valence-corrected chi connectivity index (χ0v) is 17.3. The number of amides is 1. The standard InChI is InChI=1S/C21H22N2O3S2/c1-14(26-19(24)13-27-15-8-4-2-5-9-15)20(25)23-21-17(12-22)16-10-6-3-7-11-18(16)28-21/h2,4-5,8-9,14H,3,6-7,10-11,13H2,1H3,(H,23,25)/t14-/m1/s1. The number of carbonyl (C=O) groups excluding carboxylic acids is 2. The Kier molecular flexibility index (Phi) is 7.12. The van der Waals surface area contributed by atoms with Crippen molar-refractivity contribution in [1.82, 2.24) is 0 Å². The summed E-state index contributed by atoms with van der Waals surface area (Å²) in [4.78, 5) is 26.7. The zero-order chi connectivity index (χ0) is 19.9. The molecule has 1 N–H and O–H groups in total. The topological polar surface area (TPSA) is 79.2 Å². The van der Waals surface area contributed by atoms with Gasteiger partial charge in [-0.2, -0.15) is 5.26 Å². The minimum Gasteiger partial charge on any atom is -0.452 e. The Balaban J connectivity index is 1.57. The first-order valence-corrected chi connectivity index (χ1v) is 11.1. The highest BCUT2D eigenvalue weighted by Crippen LogP contribution is 2.37. The SMILES string of the molecule is C[C@@H](OC(=O)CSc1ccccc1)C(=O)Nc1sc2c(c1C#N)CCCCC2. The summed E-state index contributed by atoms with van der Waals surface area (Å²) >= 11 is 2.84. The Bertz CT molecular complexity index is 887. The van der Waals surface area contributed by atoms with E-state index in [1.165, 1.54) is 34.4 Å². The van der Waals surface area contributed by atoms with Crippen LogP contribution in [0.3, 0.4) is 0 Å². The van der Waals surface area contributed by atoms with Gasteiger partial charge in [0.2, 0.25) is 0 Å². The van der Waals surface area contributed by atoms with Gasteiger partial charge in [-0.25, -0.2) is 0 Å². The van der Waals surface area contributed by atoms with Gasteiger partial charge in [0.25, 0.3) is 5.91 Å². The number of carbonyl (C=O) groups is 2.